The maximum atomic E-state index is 11.8. The molecule has 0 radical (unpaired) electrons. The van der Waals surface area contributed by atoms with Gasteiger partial charge in [0.05, 0.1) is 16.8 Å². The first-order valence-electron chi connectivity index (χ1n) is 9.10. The van der Waals surface area contributed by atoms with E-state index >= 15 is 0 Å². The van der Waals surface area contributed by atoms with Crippen molar-refractivity contribution < 1.29 is 9.90 Å². The summed E-state index contributed by atoms with van der Waals surface area (Å²) in [6.07, 6.45) is 0.907. The van der Waals surface area contributed by atoms with Crippen LogP contribution in [0.5, 0.6) is 0 Å². The highest BCUT2D eigenvalue weighted by Crippen LogP contribution is 2.36. The number of carbonyl (C=O) groups is 1. The van der Waals surface area contributed by atoms with E-state index in [2.05, 4.69) is 29.6 Å². The number of rotatable bonds is 2. The number of aromatic carboxylic acids is 1. The number of carboxylic acids is 1. The number of hydrogen-bond acceptors (Lipinski definition) is 3. The second kappa shape index (κ2) is 6.18. The zero-order valence-corrected chi connectivity index (χ0v) is 14.7. The molecule has 0 amide bonds. The topological polar surface area (TPSA) is 62.2 Å². The van der Waals surface area contributed by atoms with Gasteiger partial charge in [0.15, 0.2) is 0 Å². The Kier molecular flexibility index (Phi) is 3.66. The van der Waals surface area contributed by atoms with Crippen molar-refractivity contribution in [3.63, 3.8) is 0 Å². The Morgan fingerprint density at radius 3 is 2.67 bits per heavy atom. The SMILES string of the molecule is O=C(O)c1ccccc1-c1nc2ccc3ccccc3c2c2c1CNCC2. The van der Waals surface area contributed by atoms with Crippen LogP contribution in [0.1, 0.15) is 21.5 Å². The van der Waals surface area contributed by atoms with E-state index in [1.165, 1.54) is 21.7 Å². The minimum absolute atomic E-state index is 0.290. The fraction of sp³-hybridized carbons (Fsp3) is 0.130. The number of aromatic nitrogens is 1. The van der Waals surface area contributed by atoms with Crippen LogP contribution in [0.2, 0.25) is 0 Å². The molecule has 2 N–H and O–H groups in total. The van der Waals surface area contributed by atoms with Crippen LogP contribution in [-0.2, 0) is 13.0 Å². The first-order valence-corrected chi connectivity index (χ1v) is 9.10. The van der Waals surface area contributed by atoms with Gasteiger partial charge in [-0.2, -0.15) is 0 Å². The van der Waals surface area contributed by atoms with Gasteiger partial charge in [-0.1, -0.05) is 48.5 Å². The molecule has 0 saturated carbocycles. The van der Waals surface area contributed by atoms with Crippen LogP contribution in [0.4, 0.5) is 0 Å². The van der Waals surface area contributed by atoms with Gasteiger partial charge in [-0.25, -0.2) is 9.78 Å². The molecule has 0 saturated heterocycles. The molecule has 132 valence electrons. The predicted molar refractivity (Wildman–Crippen MR) is 107 cm³/mol. The molecular weight excluding hydrogens is 336 g/mol. The average Bonchev–Trinajstić information content (AvgIpc) is 2.72. The molecule has 4 heteroatoms. The molecule has 0 aliphatic carbocycles. The van der Waals surface area contributed by atoms with Crippen molar-refractivity contribution in [2.75, 3.05) is 6.54 Å². The average molecular weight is 354 g/mol. The molecule has 4 aromatic rings. The highest BCUT2D eigenvalue weighted by Gasteiger charge is 2.22. The van der Waals surface area contributed by atoms with Crippen LogP contribution < -0.4 is 5.32 Å². The van der Waals surface area contributed by atoms with Crippen LogP contribution in [0.15, 0.2) is 60.7 Å². The smallest absolute Gasteiger partial charge is 0.336 e. The Bertz CT molecular complexity index is 1210. The van der Waals surface area contributed by atoms with Crippen molar-refractivity contribution in [2.45, 2.75) is 13.0 Å². The molecule has 0 fully saturated rings. The van der Waals surface area contributed by atoms with Gasteiger partial charge in [-0.05, 0) is 47.0 Å². The lowest BCUT2D eigenvalue weighted by atomic mass is 9.89. The number of pyridine rings is 1. The van der Waals surface area contributed by atoms with Crippen molar-refractivity contribution >= 4 is 27.6 Å². The minimum Gasteiger partial charge on any atom is -0.478 e. The van der Waals surface area contributed by atoms with E-state index in [0.29, 0.717) is 12.1 Å². The quantitative estimate of drug-likeness (QED) is 0.524. The van der Waals surface area contributed by atoms with E-state index in [0.717, 1.165) is 29.7 Å². The molecule has 1 aliphatic rings. The van der Waals surface area contributed by atoms with Crippen LogP contribution in [-0.4, -0.2) is 22.6 Å². The normalized spacial score (nSPS) is 13.6. The number of nitrogens with zero attached hydrogens (tertiary/aromatic N) is 1. The van der Waals surface area contributed by atoms with E-state index in [-0.39, 0.29) is 5.56 Å². The Hall–Kier alpha value is -3.24. The Morgan fingerprint density at radius 2 is 1.78 bits per heavy atom. The lowest BCUT2D eigenvalue weighted by molar-refractivity contribution is 0.0697. The third kappa shape index (κ3) is 2.49. The number of benzene rings is 3. The molecule has 2 heterocycles. The highest BCUT2D eigenvalue weighted by molar-refractivity contribution is 6.09. The minimum atomic E-state index is -0.927. The summed E-state index contributed by atoms with van der Waals surface area (Å²) in [7, 11) is 0. The van der Waals surface area contributed by atoms with E-state index in [4.69, 9.17) is 4.98 Å². The van der Waals surface area contributed by atoms with E-state index in [1.54, 1.807) is 12.1 Å². The second-order valence-electron chi connectivity index (χ2n) is 6.88. The van der Waals surface area contributed by atoms with Crippen molar-refractivity contribution in [3.05, 3.63) is 77.4 Å². The largest absolute Gasteiger partial charge is 0.478 e. The number of nitrogens with one attached hydrogen (secondary N) is 1. The van der Waals surface area contributed by atoms with Gasteiger partial charge >= 0.3 is 5.97 Å². The first kappa shape index (κ1) is 16.0. The van der Waals surface area contributed by atoms with E-state index in [1.807, 2.05) is 24.3 Å². The molecule has 0 bridgehead atoms. The molecule has 1 aromatic heterocycles. The van der Waals surface area contributed by atoms with Gasteiger partial charge < -0.3 is 10.4 Å². The standard InChI is InChI=1S/C23H18N2O2/c26-23(27)18-8-4-3-7-17(18)22-19-13-24-12-11-16(19)21-15-6-2-1-5-14(15)9-10-20(21)25-22/h1-10,24H,11-13H2,(H,26,27). The summed E-state index contributed by atoms with van der Waals surface area (Å²) in [5, 5.41) is 16.7. The van der Waals surface area contributed by atoms with E-state index < -0.39 is 5.97 Å². The van der Waals surface area contributed by atoms with Crippen LogP contribution >= 0.6 is 0 Å². The fourth-order valence-corrected chi connectivity index (χ4v) is 4.14. The molecule has 1 aliphatic heterocycles. The van der Waals surface area contributed by atoms with Crippen LogP contribution in [0, 0.1) is 0 Å². The van der Waals surface area contributed by atoms with E-state index in [9.17, 15) is 9.90 Å². The zero-order chi connectivity index (χ0) is 18.4. The Labute approximate surface area is 156 Å². The van der Waals surface area contributed by atoms with Crippen LogP contribution in [0.3, 0.4) is 0 Å². The summed E-state index contributed by atoms with van der Waals surface area (Å²) in [4.78, 5) is 16.7. The summed E-state index contributed by atoms with van der Waals surface area (Å²) in [5.41, 5.74) is 5.06. The third-order valence-corrected chi connectivity index (χ3v) is 5.36. The molecule has 3 aromatic carbocycles. The summed E-state index contributed by atoms with van der Waals surface area (Å²) >= 11 is 0. The molecule has 0 spiro atoms. The molecule has 4 nitrogen and oxygen atoms in total. The summed E-state index contributed by atoms with van der Waals surface area (Å²) < 4.78 is 0. The third-order valence-electron chi connectivity index (χ3n) is 5.36. The van der Waals surface area contributed by atoms with Gasteiger partial charge in [-0.15, -0.1) is 0 Å². The maximum Gasteiger partial charge on any atom is 0.336 e. The molecule has 5 rings (SSSR count). The van der Waals surface area contributed by atoms with Crippen molar-refractivity contribution in [1.29, 1.82) is 0 Å². The fourth-order valence-electron chi connectivity index (χ4n) is 4.14. The first-order chi connectivity index (χ1) is 13.2. The summed E-state index contributed by atoms with van der Waals surface area (Å²) in [6, 6.07) is 19.6. The highest BCUT2D eigenvalue weighted by atomic mass is 16.4. The van der Waals surface area contributed by atoms with Crippen molar-refractivity contribution in [1.82, 2.24) is 10.3 Å². The van der Waals surface area contributed by atoms with Gasteiger partial charge in [0.1, 0.15) is 0 Å². The molecule has 0 atom stereocenters. The maximum absolute atomic E-state index is 11.8. The van der Waals surface area contributed by atoms with Gasteiger partial charge in [0.2, 0.25) is 0 Å². The van der Waals surface area contributed by atoms with Gasteiger partial charge in [-0.3, -0.25) is 0 Å². The predicted octanol–water partition coefficient (Wildman–Crippen LogP) is 4.40. The number of carboxylic acid groups (broad SMARTS) is 1. The van der Waals surface area contributed by atoms with Crippen molar-refractivity contribution in [2.24, 2.45) is 0 Å². The molecule has 0 unspecified atom stereocenters. The molecule has 27 heavy (non-hydrogen) atoms. The number of fused-ring (bicyclic) bond motifs is 5. The lowest BCUT2D eigenvalue weighted by Gasteiger charge is -2.23. The summed E-state index contributed by atoms with van der Waals surface area (Å²) in [5.74, 6) is -0.927. The second-order valence-corrected chi connectivity index (χ2v) is 6.88. The Morgan fingerprint density at radius 1 is 0.963 bits per heavy atom. The summed E-state index contributed by atoms with van der Waals surface area (Å²) in [6.45, 7) is 1.61. The van der Waals surface area contributed by atoms with Gasteiger partial charge in [0.25, 0.3) is 0 Å². The van der Waals surface area contributed by atoms with Crippen molar-refractivity contribution in [3.8, 4) is 11.3 Å². The lowest BCUT2D eigenvalue weighted by Crippen LogP contribution is -2.25. The molecular formula is C23H18N2O2. The van der Waals surface area contributed by atoms with Gasteiger partial charge in [0, 0.05) is 17.5 Å². The van der Waals surface area contributed by atoms with Crippen LogP contribution in [0.25, 0.3) is 32.9 Å². The Balaban J connectivity index is 1.91. The monoisotopic (exact) mass is 354 g/mol. The number of hydrogen-bond donors (Lipinski definition) is 2. The zero-order valence-electron chi connectivity index (χ0n) is 14.7.